The highest BCUT2D eigenvalue weighted by molar-refractivity contribution is 5.81. The fraction of sp³-hybridized carbons (Fsp3) is 0.609. The van der Waals surface area contributed by atoms with Crippen molar-refractivity contribution in [3.05, 3.63) is 35.4 Å². The van der Waals surface area contributed by atoms with Gasteiger partial charge < -0.3 is 14.7 Å². The Kier molecular flexibility index (Phi) is 6.60. The van der Waals surface area contributed by atoms with Crippen LogP contribution < -0.4 is 0 Å². The number of benzene rings is 1. The number of hydrogen-bond donors (Lipinski definition) is 0. The van der Waals surface area contributed by atoms with Crippen molar-refractivity contribution in [1.82, 2.24) is 14.7 Å². The molecule has 0 N–H and O–H groups in total. The highest BCUT2D eigenvalue weighted by Crippen LogP contribution is 2.33. The van der Waals surface area contributed by atoms with E-state index in [0.717, 1.165) is 12.0 Å². The Morgan fingerprint density at radius 2 is 1.76 bits per heavy atom. The summed E-state index contributed by atoms with van der Waals surface area (Å²) >= 11 is 0. The predicted octanol–water partition coefficient (Wildman–Crippen LogP) is 2.63. The molecule has 29 heavy (non-hydrogen) atoms. The van der Waals surface area contributed by atoms with Crippen LogP contribution in [0.25, 0.3) is 0 Å². The SMILES string of the molecule is CC(=O)N1CCc2ccccc2C1CC(=O)N1CCC(C(=O)N(C)C(C)C)CC1. The Bertz CT molecular complexity index is 768. The number of amides is 3. The second-order valence-electron chi connectivity index (χ2n) is 8.58. The van der Waals surface area contributed by atoms with Crippen molar-refractivity contribution in [3.63, 3.8) is 0 Å². The molecule has 1 aromatic rings. The minimum atomic E-state index is -0.198. The summed E-state index contributed by atoms with van der Waals surface area (Å²) in [5.74, 6) is 0.256. The van der Waals surface area contributed by atoms with Gasteiger partial charge in [-0.05, 0) is 44.2 Å². The molecular weight excluding hydrogens is 366 g/mol. The van der Waals surface area contributed by atoms with E-state index in [2.05, 4.69) is 6.07 Å². The van der Waals surface area contributed by atoms with E-state index >= 15 is 0 Å². The van der Waals surface area contributed by atoms with Crippen molar-refractivity contribution in [1.29, 1.82) is 0 Å². The summed E-state index contributed by atoms with van der Waals surface area (Å²) in [6.07, 6.45) is 2.55. The number of fused-ring (bicyclic) bond motifs is 1. The van der Waals surface area contributed by atoms with Gasteiger partial charge in [0.15, 0.2) is 0 Å². The van der Waals surface area contributed by atoms with Gasteiger partial charge in [-0.1, -0.05) is 24.3 Å². The topological polar surface area (TPSA) is 60.9 Å². The molecule has 1 aromatic carbocycles. The van der Waals surface area contributed by atoms with Gasteiger partial charge in [-0.15, -0.1) is 0 Å². The van der Waals surface area contributed by atoms with Crippen LogP contribution in [0.4, 0.5) is 0 Å². The Morgan fingerprint density at radius 1 is 1.10 bits per heavy atom. The summed E-state index contributed by atoms with van der Waals surface area (Å²) < 4.78 is 0. The Morgan fingerprint density at radius 3 is 2.38 bits per heavy atom. The molecule has 158 valence electrons. The zero-order valence-corrected chi connectivity index (χ0v) is 18.1. The Labute approximate surface area is 173 Å². The Hall–Kier alpha value is -2.37. The third kappa shape index (κ3) is 4.62. The van der Waals surface area contributed by atoms with Gasteiger partial charge in [0, 0.05) is 45.6 Å². The molecule has 2 aliphatic rings. The van der Waals surface area contributed by atoms with Gasteiger partial charge in [0.2, 0.25) is 17.7 Å². The summed E-state index contributed by atoms with van der Waals surface area (Å²) in [6, 6.07) is 8.10. The number of carbonyl (C=O) groups excluding carboxylic acids is 3. The van der Waals surface area contributed by atoms with Gasteiger partial charge >= 0.3 is 0 Å². The molecule has 3 amide bonds. The second kappa shape index (κ2) is 8.97. The third-order valence-corrected chi connectivity index (χ3v) is 6.50. The van der Waals surface area contributed by atoms with Crippen LogP contribution in [-0.4, -0.2) is 65.1 Å². The van der Waals surface area contributed by atoms with Crippen LogP contribution >= 0.6 is 0 Å². The minimum Gasteiger partial charge on any atom is -0.343 e. The molecule has 0 bridgehead atoms. The van der Waals surface area contributed by atoms with E-state index in [-0.39, 0.29) is 35.7 Å². The van der Waals surface area contributed by atoms with Crippen molar-refractivity contribution >= 4 is 17.7 Å². The zero-order valence-electron chi connectivity index (χ0n) is 18.1. The van der Waals surface area contributed by atoms with E-state index in [1.807, 2.05) is 48.9 Å². The lowest BCUT2D eigenvalue weighted by Gasteiger charge is -2.39. The summed E-state index contributed by atoms with van der Waals surface area (Å²) in [5, 5.41) is 0. The molecular formula is C23H33N3O3. The number of carbonyl (C=O) groups is 3. The van der Waals surface area contributed by atoms with Crippen molar-refractivity contribution in [3.8, 4) is 0 Å². The van der Waals surface area contributed by atoms with Gasteiger partial charge in [0.1, 0.15) is 0 Å². The molecule has 0 saturated carbocycles. The first-order valence-corrected chi connectivity index (χ1v) is 10.7. The fourth-order valence-electron chi connectivity index (χ4n) is 4.46. The van der Waals surface area contributed by atoms with Crippen LogP contribution in [0.1, 0.15) is 57.2 Å². The first-order valence-electron chi connectivity index (χ1n) is 10.7. The lowest BCUT2D eigenvalue weighted by molar-refractivity contribution is -0.142. The standard InChI is InChI=1S/C23H33N3O3/c1-16(2)24(4)23(29)19-9-12-25(13-10-19)22(28)15-21-20-8-6-5-7-18(20)11-14-26(21)17(3)27/h5-8,16,19,21H,9-15H2,1-4H3. The Balaban J connectivity index is 1.64. The minimum absolute atomic E-state index is 0.00410. The van der Waals surface area contributed by atoms with Crippen LogP contribution in [0.2, 0.25) is 0 Å². The molecule has 2 aliphatic heterocycles. The number of likely N-dealkylation sites (tertiary alicyclic amines) is 1. The van der Waals surface area contributed by atoms with E-state index in [4.69, 9.17) is 0 Å². The number of piperidine rings is 1. The van der Waals surface area contributed by atoms with Gasteiger partial charge in [0.25, 0.3) is 0 Å². The average molecular weight is 400 g/mol. The molecule has 0 radical (unpaired) electrons. The van der Waals surface area contributed by atoms with Crippen molar-refractivity contribution in [2.24, 2.45) is 5.92 Å². The number of rotatable bonds is 4. The largest absolute Gasteiger partial charge is 0.343 e. The normalized spacial score (nSPS) is 19.8. The highest BCUT2D eigenvalue weighted by Gasteiger charge is 2.34. The molecule has 0 aromatic heterocycles. The molecule has 0 spiro atoms. The zero-order chi connectivity index (χ0) is 21.1. The number of hydrogen-bond acceptors (Lipinski definition) is 3. The second-order valence-corrected chi connectivity index (χ2v) is 8.58. The van der Waals surface area contributed by atoms with Gasteiger partial charge in [0.05, 0.1) is 12.5 Å². The average Bonchev–Trinajstić information content (AvgIpc) is 2.72. The highest BCUT2D eigenvalue weighted by atomic mass is 16.2. The van der Waals surface area contributed by atoms with E-state index in [1.165, 1.54) is 5.56 Å². The van der Waals surface area contributed by atoms with Crippen LogP contribution in [0, 0.1) is 5.92 Å². The molecule has 2 heterocycles. The van der Waals surface area contributed by atoms with Crippen molar-refractivity contribution in [2.75, 3.05) is 26.7 Å². The van der Waals surface area contributed by atoms with Crippen LogP contribution in [0.3, 0.4) is 0 Å². The molecule has 3 rings (SSSR count). The summed E-state index contributed by atoms with van der Waals surface area (Å²) in [4.78, 5) is 43.3. The summed E-state index contributed by atoms with van der Waals surface area (Å²) in [6.45, 7) is 7.47. The van der Waals surface area contributed by atoms with E-state index < -0.39 is 0 Å². The van der Waals surface area contributed by atoms with Crippen LogP contribution in [0.5, 0.6) is 0 Å². The van der Waals surface area contributed by atoms with Gasteiger partial charge in [-0.2, -0.15) is 0 Å². The van der Waals surface area contributed by atoms with Crippen molar-refractivity contribution in [2.45, 2.75) is 58.5 Å². The maximum atomic E-state index is 13.1. The maximum Gasteiger partial charge on any atom is 0.225 e. The third-order valence-electron chi connectivity index (χ3n) is 6.50. The maximum absolute atomic E-state index is 13.1. The first-order chi connectivity index (χ1) is 13.8. The van der Waals surface area contributed by atoms with Gasteiger partial charge in [-0.25, -0.2) is 0 Å². The molecule has 0 aliphatic carbocycles. The quantitative estimate of drug-likeness (QED) is 0.782. The summed E-state index contributed by atoms with van der Waals surface area (Å²) in [5.41, 5.74) is 2.31. The monoisotopic (exact) mass is 399 g/mol. The first kappa shape index (κ1) is 21.3. The summed E-state index contributed by atoms with van der Waals surface area (Å²) in [7, 11) is 1.85. The molecule has 6 heteroatoms. The molecule has 1 atom stereocenters. The van der Waals surface area contributed by atoms with E-state index in [1.54, 1.807) is 11.8 Å². The van der Waals surface area contributed by atoms with Crippen LogP contribution in [0.15, 0.2) is 24.3 Å². The van der Waals surface area contributed by atoms with Crippen LogP contribution in [-0.2, 0) is 20.8 Å². The molecule has 1 fully saturated rings. The lowest BCUT2D eigenvalue weighted by Crippen LogP contribution is -2.46. The fourth-order valence-corrected chi connectivity index (χ4v) is 4.46. The van der Waals surface area contributed by atoms with Gasteiger partial charge in [-0.3, -0.25) is 14.4 Å². The number of nitrogens with zero attached hydrogens (tertiary/aromatic N) is 3. The molecule has 1 unspecified atom stereocenters. The van der Waals surface area contributed by atoms with E-state index in [9.17, 15) is 14.4 Å². The lowest BCUT2D eigenvalue weighted by atomic mass is 9.89. The van der Waals surface area contributed by atoms with Crippen molar-refractivity contribution < 1.29 is 14.4 Å². The predicted molar refractivity (Wildman–Crippen MR) is 112 cm³/mol. The van der Waals surface area contributed by atoms with E-state index in [0.29, 0.717) is 38.9 Å². The molecule has 6 nitrogen and oxygen atoms in total. The molecule has 1 saturated heterocycles. The smallest absolute Gasteiger partial charge is 0.225 e.